The van der Waals surface area contributed by atoms with Gasteiger partial charge in [0.15, 0.2) is 0 Å². The molecule has 0 heterocycles. The number of likely N-dealkylation sites (N-methyl/N-ethyl adjacent to an activating group) is 1. The number of carbonyl (C=O) groups is 1. The van der Waals surface area contributed by atoms with Crippen LogP contribution < -0.4 is 10.6 Å². The highest BCUT2D eigenvalue weighted by atomic mass is 32.2. The summed E-state index contributed by atoms with van der Waals surface area (Å²) in [5.74, 6) is -0.300. The van der Waals surface area contributed by atoms with Gasteiger partial charge in [-0.15, -0.1) is 6.58 Å². The van der Waals surface area contributed by atoms with Crippen LogP contribution in [0.25, 0.3) is 0 Å². The molecule has 6 nitrogen and oxygen atoms in total. The van der Waals surface area contributed by atoms with Crippen molar-refractivity contribution in [2.75, 3.05) is 25.5 Å². The number of nitrogens with zero attached hydrogens (tertiary/aromatic N) is 1. The molecule has 0 aliphatic heterocycles. The number of carbonyl (C=O) groups excluding carboxylic acids is 1. The van der Waals surface area contributed by atoms with Gasteiger partial charge in [-0.05, 0) is 48.4 Å². The molecule has 0 radical (unpaired) electrons. The molecule has 2 rings (SSSR count). The van der Waals surface area contributed by atoms with E-state index in [9.17, 15) is 17.6 Å². The molecule has 0 fully saturated rings. The number of hydrogen-bond acceptors (Lipinski definition) is 3. The lowest BCUT2D eigenvalue weighted by atomic mass is 10.1. The third-order valence-electron chi connectivity index (χ3n) is 3.82. The summed E-state index contributed by atoms with van der Waals surface area (Å²) >= 11 is 0. The molecule has 0 spiro atoms. The standard InChI is InChI=1S/C19H22FN3O3S/c1-3-14-23(2)27(25,26)18-10-8-17(9-11-18)22-19(24)21-13-12-15-4-6-16(20)7-5-15/h3-11H,1,12-14H2,2H3,(H2,21,22,24). The summed E-state index contributed by atoms with van der Waals surface area (Å²) in [6.45, 7) is 4.12. The lowest BCUT2D eigenvalue weighted by molar-refractivity contribution is 0.252. The first-order valence-corrected chi connectivity index (χ1v) is 9.73. The third kappa shape index (κ3) is 5.90. The van der Waals surface area contributed by atoms with E-state index in [2.05, 4.69) is 17.2 Å². The van der Waals surface area contributed by atoms with Crippen molar-refractivity contribution < 1.29 is 17.6 Å². The zero-order valence-electron chi connectivity index (χ0n) is 15.0. The summed E-state index contributed by atoms with van der Waals surface area (Å²) < 4.78 is 38.6. The molecule has 0 unspecified atom stereocenters. The fourth-order valence-corrected chi connectivity index (χ4v) is 3.46. The molecule has 27 heavy (non-hydrogen) atoms. The van der Waals surface area contributed by atoms with Gasteiger partial charge in [-0.1, -0.05) is 18.2 Å². The quantitative estimate of drug-likeness (QED) is 0.679. The van der Waals surface area contributed by atoms with Crippen LogP contribution in [-0.2, 0) is 16.4 Å². The number of urea groups is 1. The second kappa shape index (κ2) is 9.29. The second-order valence-electron chi connectivity index (χ2n) is 5.86. The van der Waals surface area contributed by atoms with Crippen molar-refractivity contribution in [3.05, 3.63) is 72.6 Å². The molecular weight excluding hydrogens is 369 g/mol. The normalized spacial score (nSPS) is 11.2. The SMILES string of the molecule is C=CCN(C)S(=O)(=O)c1ccc(NC(=O)NCCc2ccc(F)cc2)cc1. The average molecular weight is 391 g/mol. The summed E-state index contributed by atoms with van der Waals surface area (Å²) in [5, 5.41) is 5.33. The molecule has 144 valence electrons. The van der Waals surface area contributed by atoms with Crippen LogP contribution in [0.15, 0.2) is 66.1 Å². The zero-order chi connectivity index (χ0) is 19.9. The Morgan fingerprint density at radius 2 is 1.78 bits per heavy atom. The van der Waals surface area contributed by atoms with Crippen LogP contribution >= 0.6 is 0 Å². The van der Waals surface area contributed by atoms with Crippen LogP contribution in [0, 0.1) is 5.82 Å². The van der Waals surface area contributed by atoms with Gasteiger partial charge >= 0.3 is 6.03 Å². The van der Waals surface area contributed by atoms with E-state index in [4.69, 9.17) is 0 Å². The predicted molar refractivity (Wildman–Crippen MR) is 104 cm³/mol. The van der Waals surface area contributed by atoms with Crippen molar-refractivity contribution in [3.8, 4) is 0 Å². The Bertz CT molecular complexity index is 881. The van der Waals surface area contributed by atoms with Crippen LogP contribution in [0.3, 0.4) is 0 Å². The number of hydrogen-bond donors (Lipinski definition) is 2. The van der Waals surface area contributed by atoms with Crippen LogP contribution in [0.1, 0.15) is 5.56 Å². The molecule has 0 atom stereocenters. The Morgan fingerprint density at radius 3 is 2.37 bits per heavy atom. The molecule has 8 heteroatoms. The van der Waals surface area contributed by atoms with Crippen molar-refractivity contribution in [1.82, 2.24) is 9.62 Å². The zero-order valence-corrected chi connectivity index (χ0v) is 15.8. The Hall–Kier alpha value is -2.71. The fraction of sp³-hybridized carbons (Fsp3) is 0.211. The van der Waals surface area contributed by atoms with E-state index < -0.39 is 16.1 Å². The van der Waals surface area contributed by atoms with E-state index in [0.717, 1.165) is 5.56 Å². The van der Waals surface area contributed by atoms with Crippen LogP contribution in [0.5, 0.6) is 0 Å². The van der Waals surface area contributed by atoms with Gasteiger partial charge in [0.2, 0.25) is 10.0 Å². The molecule has 0 aliphatic rings. The summed E-state index contributed by atoms with van der Waals surface area (Å²) in [6.07, 6.45) is 2.07. The number of rotatable bonds is 8. The first kappa shape index (κ1) is 20.6. The van der Waals surface area contributed by atoms with E-state index in [1.54, 1.807) is 12.1 Å². The minimum atomic E-state index is -3.59. The first-order chi connectivity index (χ1) is 12.8. The van der Waals surface area contributed by atoms with Gasteiger partial charge in [0, 0.05) is 25.8 Å². The van der Waals surface area contributed by atoms with Gasteiger partial charge in [0.25, 0.3) is 0 Å². The Labute approximate surface area is 158 Å². The largest absolute Gasteiger partial charge is 0.338 e. The number of anilines is 1. The van der Waals surface area contributed by atoms with Gasteiger partial charge in [-0.3, -0.25) is 0 Å². The molecule has 0 bridgehead atoms. The van der Waals surface area contributed by atoms with Gasteiger partial charge < -0.3 is 10.6 Å². The molecule has 0 saturated heterocycles. The minimum absolute atomic E-state index is 0.133. The van der Waals surface area contributed by atoms with E-state index >= 15 is 0 Å². The maximum absolute atomic E-state index is 12.8. The first-order valence-electron chi connectivity index (χ1n) is 8.29. The lowest BCUT2D eigenvalue weighted by Gasteiger charge is -2.15. The van der Waals surface area contributed by atoms with Gasteiger partial charge in [-0.2, -0.15) is 4.31 Å². The number of nitrogens with one attached hydrogen (secondary N) is 2. The molecule has 0 aromatic heterocycles. The predicted octanol–water partition coefficient (Wildman–Crippen LogP) is 3.00. The Kier molecular flexibility index (Phi) is 7.09. The number of sulfonamides is 1. The van der Waals surface area contributed by atoms with Gasteiger partial charge in [0.1, 0.15) is 5.82 Å². The van der Waals surface area contributed by atoms with Gasteiger partial charge in [0.05, 0.1) is 4.90 Å². The fourth-order valence-electron chi connectivity index (χ4n) is 2.32. The van der Waals surface area contributed by atoms with Crippen molar-refractivity contribution in [3.63, 3.8) is 0 Å². The van der Waals surface area contributed by atoms with E-state index in [1.165, 1.54) is 53.8 Å². The van der Waals surface area contributed by atoms with Gasteiger partial charge in [-0.25, -0.2) is 17.6 Å². The highest BCUT2D eigenvalue weighted by molar-refractivity contribution is 7.89. The van der Waals surface area contributed by atoms with Crippen LogP contribution in [0.2, 0.25) is 0 Å². The monoisotopic (exact) mass is 391 g/mol. The van der Waals surface area contributed by atoms with Crippen molar-refractivity contribution in [2.45, 2.75) is 11.3 Å². The summed E-state index contributed by atoms with van der Waals surface area (Å²) in [5.41, 5.74) is 1.38. The smallest absolute Gasteiger partial charge is 0.319 e. The summed E-state index contributed by atoms with van der Waals surface area (Å²) in [7, 11) is -2.12. The molecule has 0 aliphatic carbocycles. The summed E-state index contributed by atoms with van der Waals surface area (Å²) in [6, 6.07) is 11.6. The Balaban J connectivity index is 1.87. The number of amides is 2. The maximum Gasteiger partial charge on any atom is 0.319 e. The number of benzene rings is 2. The molecule has 2 N–H and O–H groups in total. The van der Waals surface area contributed by atoms with E-state index in [-0.39, 0.29) is 17.3 Å². The van der Waals surface area contributed by atoms with E-state index in [0.29, 0.717) is 18.7 Å². The topological polar surface area (TPSA) is 78.5 Å². The molecule has 2 aromatic rings. The lowest BCUT2D eigenvalue weighted by Crippen LogP contribution is -2.30. The van der Waals surface area contributed by atoms with Crippen molar-refractivity contribution >= 4 is 21.7 Å². The summed E-state index contributed by atoms with van der Waals surface area (Å²) in [4.78, 5) is 12.0. The maximum atomic E-state index is 12.8. The molecule has 0 saturated carbocycles. The second-order valence-corrected chi connectivity index (χ2v) is 7.90. The van der Waals surface area contributed by atoms with Crippen LogP contribution in [0.4, 0.5) is 14.9 Å². The number of halogens is 1. The average Bonchev–Trinajstić information content (AvgIpc) is 2.64. The van der Waals surface area contributed by atoms with Crippen molar-refractivity contribution in [2.24, 2.45) is 0 Å². The molecule has 2 amide bonds. The molecular formula is C19H22FN3O3S. The highest BCUT2D eigenvalue weighted by Crippen LogP contribution is 2.17. The van der Waals surface area contributed by atoms with Crippen LogP contribution in [-0.4, -0.2) is 38.9 Å². The highest BCUT2D eigenvalue weighted by Gasteiger charge is 2.19. The van der Waals surface area contributed by atoms with Crippen molar-refractivity contribution in [1.29, 1.82) is 0 Å². The minimum Gasteiger partial charge on any atom is -0.338 e. The van der Waals surface area contributed by atoms with E-state index in [1.807, 2.05) is 0 Å². The molecule has 2 aromatic carbocycles. The third-order valence-corrected chi connectivity index (χ3v) is 5.66. The Morgan fingerprint density at radius 1 is 1.15 bits per heavy atom.